The molecular formula is C28H45NO7. The number of carbonyl (C=O) groups excluding carboxylic acids is 2. The van der Waals surface area contributed by atoms with Gasteiger partial charge in [0, 0.05) is 12.0 Å². The fraction of sp³-hybridized carbons (Fsp3) is 0.679. The van der Waals surface area contributed by atoms with Gasteiger partial charge in [-0.05, 0) is 38.8 Å². The molecule has 0 fully saturated rings. The predicted molar refractivity (Wildman–Crippen MR) is 138 cm³/mol. The molecule has 0 aliphatic carbocycles. The number of carboxylic acids is 1. The summed E-state index contributed by atoms with van der Waals surface area (Å²) in [6.07, 6.45) is 2.72. The molecule has 5 atom stereocenters. The molecule has 8 nitrogen and oxygen atoms in total. The molecule has 0 heterocycles. The molecule has 0 aromatic heterocycles. The van der Waals surface area contributed by atoms with Crippen LogP contribution in [0.4, 0.5) is 0 Å². The number of carbonyl (C=O) groups is 3. The zero-order valence-corrected chi connectivity index (χ0v) is 22.4. The molecule has 204 valence electrons. The van der Waals surface area contributed by atoms with Gasteiger partial charge in [-0.15, -0.1) is 0 Å². The zero-order chi connectivity index (χ0) is 27.1. The first-order valence-electron chi connectivity index (χ1n) is 13.1. The number of aliphatic carboxylic acids is 1. The van der Waals surface area contributed by atoms with E-state index < -0.39 is 48.1 Å². The summed E-state index contributed by atoms with van der Waals surface area (Å²) >= 11 is 0. The normalized spacial score (nSPS) is 15.5. The first kappa shape index (κ1) is 31.6. The Morgan fingerprint density at radius 3 is 2.17 bits per heavy atom. The maximum atomic E-state index is 12.8. The van der Waals surface area contributed by atoms with Crippen LogP contribution in [-0.2, 0) is 30.3 Å². The maximum absolute atomic E-state index is 12.8. The number of nitrogens with one attached hydrogen (secondary N) is 1. The molecule has 0 amide bonds. The molecule has 0 saturated carbocycles. The lowest BCUT2D eigenvalue weighted by molar-refractivity contribution is -0.175. The molecule has 1 aromatic carbocycles. The van der Waals surface area contributed by atoms with E-state index in [1.807, 2.05) is 30.3 Å². The molecular weight excluding hydrogens is 462 g/mol. The summed E-state index contributed by atoms with van der Waals surface area (Å²) in [5.74, 6) is -3.75. The van der Waals surface area contributed by atoms with E-state index in [2.05, 4.69) is 12.2 Å². The van der Waals surface area contributed by atoms with Crippen molar-refractivity contribution in [1.82, 2.24) is 5.32 Å². The Balaban J connectivity index is 2.82. The van der Waals surface area contributed by atoms with Gasteiger partial charge in [-0.2, -0.15) is 0 Å². The van der Waals surface area contributed by atoms with Crippen LogP contribution in [0.1, 0.15) is 78.2 Å². The number of esters is 2. The third-order valence-electron chi connectivity index (χ3n) is 6.41. The average molecular weight is 508 g/mol. The third-order valence-corrected chi connectivity index (χ3v) is 6.41. The molecule has 8 heteroatoms. The monoisotopic (exact) mass is 507 g/mol. The van der Waals surface area contributed by atoms with Crippen molar-refractivity contribution in [3.8, 4) is 0 Å². The summed E-state index contributed by atoms with van der Waals surface area (Å²) in [6, 6.07) is 9.32. The second-order valence-electron chi connectivity index (χ2n) is 9.82. The van der Waals surface area contributed by atoms with Gasteiger partial charge >= 0.3 is 17.9 Å². The maximum Gasteiger partial charge on any atom is 0.345 e. The summed E-state index contributed by atoms with van der Waals surface area (Å²) in [5, 5.41) is 23.1. The average Bonchev–Trinajstić information content (AvgIpc) is 2.84. The number of aliphatic hydroxyl groups excluding tert-OH is 1. The van der Waals surface area contributed by atoms with Crippen LogP contribution < -0.4 is 5.32 Å². The van der Waals surface area contributed by atoms with E-state index in [0.717, 1.165) is 37.7 Å². The number of ether oxygens (including phenoxy) is 2. The van der Waals surface area contributed by atoms with E-state index in [-0.39, 0.29) is 12.5 Å². The van der Waals surface area contributed by atoms with Crippen molar-refractivity contribution in [2.45, 2.75) is 103 Å². The SMILES string of the molecule is CCCCCCC[C@@H](OC(=O)C[C@@H](O)[C@H](Cc1ccccc1)NC)[C@H](C)C(=O)O[C@H](C(=O)O)C(C)C. The highest BCUT2D eigenvalue weighted by Gasteiger charge is 2.34. The number of likely N-dealkylation sites (N-methyl/N-ethyl adjacent to an activating group) is 1. The topological polar surface area (TPSA) is 122 Å². The highest BCUT2D eigenvalue weighted by atomic mass is 16.6. The molecule has 0 unspecified atom stereocenters. The Morgan fingerprint density at radius 2 is 1.61 bits per heavy atom. The van der Waals surface area contributed by atoms with Crippen LogP contribution in [0.25, 0.3) is 0 Å². The Bertz CT molecular complexity index is 783. The zero-order valence-electron chi connectivity index (χ0n) is 22.4. The summed E-state index contributed by atoms with van der Waals surface area (Å²) in [5.41, 5.74) is 1.03. The largest absolute Gasteiger partial charge is 0.478 e. The number of rotatable bonds is 18. The highest BCUT2D eigenvalue weighted by molar-refractivity contribution is 5.80. The molecule has 0 radical (unpaired) electrons. The van der Waals surface area contributed by atoms with Crippen molar-refractivity contribution in [2.24, 2.45) is 11.8 Å². The molecule has 0 aliphatic rings. The molecule has 36 heavy (non-hydrogen) atoms. The number of carboxylic acid groups (broad SMARTS) is 1. The van der Waals surface area contributed by atoms with Crippen molar-refractivity contribution >= 4 is 17.9 Å². The van der Waals surface area contributed by atoms with Gasteiger partial charge in [-0.3, -0.25) is 9.59 Å². The highest BCUT2D eigenvalue weighted by Crippen LogP contribution is 2.21. The lowest BCUT2D eigenvalue weighted by Crippen LogP contribution is -2.42. The van der Waals surface area contributed by atoms with Gasteiger partial charge in [0.1, 0.15) is 6.10 Å². The summed E-state index contributed by atoms with van der Waals surface area (Å²) in [4.78, 5) is 37.0. The van der Waals surface area contributed by atoms with Crippen LogP contribution in [0.15, 0.2) is 30.3 Å². The van der Waals surface area contributed by atoms with Gasteiger partial charge in [0.2, 0.25) is 6.10 Å². The molecule has 0 aliphatic heterocycles. The summed E-state index contributed by atoms with van der Waals surface area (Å²) < 4.78 is 10.9. The van der Waals surface area contributed by atoms with E-state index in [4.69, 9.17) is 9.47 Å². The van der Waals surface area contributed by atoms with E-state index >= 15 is 0 Å². The van der Waals surface area contributed by atoms with Crippen LogP contribution in [-0.4, -0.2) is 59.5 Å². The first-order chi connectivity index (χ1) is 17.1. The van der Waals surface area contributed by atoms with Gasteiger partial charge in [-0.1, -0.05) is 76.8 Å². The molecule has 1 aromatic rings. The standard InChI is InChI=1S/C28H45NO7/c1-6-7-8-9-13-16-24(20(4)28(34)36-26(19(2)3)27(32)33)35-25(31)18-23(30)22(29-5)17-21-14-11-10-12-15-21/h10-12,14-15,19-20,22-24,26,29-30H,6-9,13,16-18H2,1-5H3,(H,32,33)/t20-,22-,23+,24+,26-/m0/s1. The van der Waals surface area contributed by atoms with Crippen LogP contribution in [0, 0.1) is 11.8 Å². The van der Waals surface area contributed by atoms with Crippen molar-refractivity contribution in [3.63, 3.8) is 0 Å². The van der Waals surface area contributed by atoms with Gasteiger partial charge in [0.15, 0.2) is 0 Å². The van der Waals surface area contributed by atoms with Crippen molar-refractivity contribution in [2.75, 3.05) is 7.05 Å². The Labute approximate surface area is 215 Å². The molecule has 1 rings (SSSR count). The Hall–Kier alpha value is -2.45. The van der Waals surface area contributed by atoms with Gasteiger partial charge < -0.3 is 25.0 Å². The van der Waals surface area contributed by atoms with Crippen LogP contribution in [0.2, 0.25) is 0 Å². The smallest absolute Gasteiger partial charge is 0.345 e. The van der Waals surface area contributed by atoms with Crippen molar-refractivity contribution in [3.05, 3.63) is 35.9 Å². The fourth-order valence-electron chi connectivity index (χ4n) is 4.04. The minimum absolute atomic E-state index is 0.226. The van der Waals surface area contributed by atoms with Crippen molar-refractivity contribution in [1.29, 1.82) is 0 Å². The van der Waals surface area contributed by atoms with Gasteiger partial charge in [0.05, 0.1) is 18.4 Å². The molecule has 0 bridgehead atoms. The molecule has 3 N–H and O–H groups in total. The number of hydrogen-bond donors (Lipinski definition) is 3. The van der Waals surface area contributed by atoms with Gasteiger partial charge in [-0.25, -0.2) is 4.79 Å². The molecule has 0 spiro atoms. The van der Waals surface area contributed by atoms with E-state index in [0.29, 0.717) is 12.8 Å². The predicted octanol–water partition coefficient (Wildman–Crippen LogP) is 4.13. The molecule has 0 saturated heterocycles. The van der Waals surface area contributed by atoms with Crippen LogP contribution >= 0.6 is 0 Å². The second kappa shape index (κ2) is 17.1. The number of aliphatic hydroxyl groups is 1. The van der Waals surface area contributed by atoms with Gasteiger partial charge in [0.25, 0.3) is 0 Å². The minimum Gasteiger partial charge on any atom is -0.478 e. The van der Waals surface area contributed by atoms with E-state index in [1.165, 1.54) is 0 Å². The number of hydrogen-bond acceptors (Lipinski definition) is 7. The van der Waals surface area contributed by atoms with E-state index in [9.17, 15) is 24.6 Å². The second-order valence-corrected chi connectivity index (χ2v) is 9.82. The Kier molecular flexibility index (Phi) is 15.0. The summed E-state index contributed by atoms with van der Waals surface area (Å²) in [7, 11) is 1.73. The van der Waals surface area contributed by atoms with Crippen LogP contribution in [0.3, 0.4) is 0 Å². The van der Waals surface area contributed by atoms with E-state index in [1.54, 1.807) is 27.8 Å². The van der Waals surface area contributed by atoms with Crippen LogP contribution in [0.5, 0.6) is 0 Å². The minimum atomic E-state index is -1.27. The number of benzene rings is 1. The fourth-order valence-corrected chi connectivity index (χ4v) is 4.04. The number of unbranched alkanes of at least 4 members (excludes halogenated alkanes) is 4. The summed E-state index contributed by atoms with van der Waals surface area (Å²) in [6.45, 7) is 7.04. The lowest BCUT2D eigenvalue weighted by Gasteiger charge is -2.27. The Morgan fingerprint density at radius 1 is 0.972 bits per heavy atom. The quantitative estimate of drug-likeness (QED) is 0.200. The lowest BCUT2D eigenvalue weighted by atomic mass is 9.97. The first-order valence-corrected chi connectivity index (χ1v) is 13.1. The van der Waals surface area contributed by atoms with Crippen molar-refractivity contribution < 1.29 is 34.1 Å². The third kappa shape index (κ3) is 11.5.